The monoisotopic (exact) mass is 227 g/mol. The van der Waals surface area contributed by atoms with Crippen molar-refractivity contribution < 1.29 is 0 Å². The number of nitrogens with one attached hydrogen (secondary N) is 2. The minimum atomic E-state index is 0.0720. The molecule has 15 heavy (non-hydrogen) atoms. The zero-order valence-corrected chi connectivity index (χ0v) is 9.82. The lowest BCUT2D eigenvalue weighted by Gasteiger charge is -2.26. The predicted molar refractivity (Wildman–Crippen MR) is 62.7 cm³/mol. The summed E-state index contributed by atoms with van der Waals surface area (Å²) in [5.74, 6) is 0. The highest BCUT2D eigenvalue weighted by Gasteiger charge is 2.10. The third-order valence-electron chi connectivity index (χ3n) is 2.79. The smallest absolute Gasteiger partial charge is 0.304 e. The number of nitrogens with zero attached hydrogens (tertiary/aromatic N) is 1. The van der Waals surface area contributed by atoms with Crippen molar-refractivity contribution in [1.29, 1.82) is 0 Å². The average molecular weight is 227 g/mol. The van der Waals surface area contributed by atoms with E-state index in [4.69, 9.17) is 0 Å². The summed E-state index contributed by atoms with van der Waals surface area (Å²) >= 11 is 1.35. The number of H-pyrrole nitrogens is 1. The fraction of sp³-hybridized carbons (Fsp3) is 0.700. The van der Waals surface area contributed by atoms with Gasteiger partial charge in [-0.05, 0) is 13.3 Å². The van der Waals surface area contributed by atoms with Gasteiger partial charge in [-0.25, -0.2) is 0 Å². The molecule has 0 aliphatic carbocycles. The van der Waals surface area contributed by atoms with Crippen LogP contribution in [0, 0.1) is 6.92 Å². The zero-order valence-electron chi connectivity index (χ0n) is 9.01. The van der Waals surface area contributed by atoms with Crippen molar-refractivity contribution in [2.24, 2.45) is 0 Å². The molecule has 2 heterocycles. The van der Waals surface area contributed by atoms with Gasteiger partial charge in [-0.15, -0.1) is 0 Å². The number of rotatable bonds is 3. The van der Waals surface area contributed by atoms with Crippen LogP contribution < -0.4 is 10.2 Å². The maximum absolute atomic E-state index is 11.1. The molecule has 0 radical (unpaired) electrons. The van der Waals surface area contributed by atoms with Gasteiger partial charge in [0.15, 0.2) is 0 Å². The Morgan fingerprint density at radius 2 is 2.13 bits per heavy atom. The first-order chi connectivity index (χ1) is 7.25. The van der Waals surface area contributed by atoms with Crippen LogP contribution >= 0.6 is 11.3 Å². The summed E-state index contributed by atoms with van der Waals surface area (Å²) in [6, 6.07) is 0. The second-order valence-electron chi connectivity index (χ2n) is 3.90. The highest BCUT2D eigenvalue weighted by molar-refractivity contribution is 7.09. The van der Waals surface area contributed by atoms with E-state index in [9.17, 15) is 4.79 Å². The Balaban J connectivity index is 1.86. The average Bonchev–Trinajstić information content (AvgIpc) is 2.56. The Kier molecular flexibility index (Phi) is 3.56. The summed E-state index contributed by atoms with van der Waals surface area (Å²) in [7, 11) is 0. The number of aromatic nitrogens is 1. The molecule has 0 amide bonds. The molecule has 0 saturated carbocycles. The first-order valence-electron chi connectivity index (χ1n) is 5.37. The van der Waals surface area contributed by atoms with E-state index in [0.717, 1.165) is 44.8 Å². The lowest BCUT2D eigenvalue weighted by Crippen LogP contribution is -2.44. The number of piperazine rings is 1. The fourth-order valence-corrected chi connectivity index (χ4v) is 2.70. The molecule has 4 nitrogen and oxygen atoms in total. The van der Waals surface area contributed by atoms with Crippen LogP contribution in [0.15, 0.2) is 4.79 Å². The molecule has 0 bridgehead atoms. The molecule has 1 fully saturated rings. The summed E-state index contributed by atoms with van der Waals surface area (Å²) in [4.78, 5) is 17.7. The van der Waals surface area contributed by atoms with Crippen LogP contribution in [-0.2, 0) is 6.42 Å². The van der Waals surface area contributed by atoms with E-state index in [1.807, 2.05) is 6.92 Å². The Labute approximate surface area is 93.3 Å². The number of hydrogen-bond donors (Lipinski definition) is 2. The van der Waals surface area contributed by atoms with Crippen molar-refractivity contribution >= 4 is 11.3 Å². The molecule has 0 spiro atoms. The van der Waals surface area contributed by atoms with Gasteiger partial charge in [-0.1, -0.05) is 11.3 Å². The standard InChI is InChI=1S/C10H17N3OS/c1-8-9(15-10(14)12-8)2-5-13-6-3-11-4-7-13/h11H,2-7H2,1H3,(H,12,14). The van der Waals surface area contributed by atoms with E-state index >= 15 is 0 Å². The molecule has 1 aromatic heterocycles. The van der Waals surface area contributed by atoms with Crippen molar-refractivity contribution in [3.63, 3.8) is 0 Å². The van der Waals surface area contributed by atoms with Gasteiger partial charge in [-0.3, -0.25) is 4.79 Å². The van der Waals surface area contributed by atoms with Gasteiger partial charge in [-0.2, -0.15) is 0 Å². The lowest BCUT2D eigenvalue weighted by atomic mass is 10.2. The molecule has 84 valence electrons. The van der Waals surface area contributed by atoms with Crippen LogP contribution in [0.5, 0.6) is 0 Å². The summed E-state index contributed by atoms with van der Waals surface area (Å²) < 4.78 is 0. The highest BCUT2D eigenvalue weighted by atomic mass is 32.1. The summed E-state index contributed by atoms with van der Waals surface area (Å²) in [6.45, 7) is 7.46. The Morgan fingerprint density at radius 1 is 1.40 bits per heavy atom. The highest BCUT2D eigenvalue weighted by Crippen LogP contribution is 2.09. The van der Waals surface area contributed by atoms with Gasteiger partial charge in [0.2, 0.25) is 0 Å². The molecule has 2 N–H and O–H groups in total. The fourth-order valence-electron chi connectivity index (χ4n) is 1.87. The van der Waals surface area contributed by atoms with E-state index in [1.165, 1.54) is 16.2 Å². The first kappa shape index (κ1) is 10.9. The molecule has 5 heteroatoms. The molecule has 1 aromatic rings. The maximum atomic E-state index is 11.1. The van der Waals surface area contributed by atoms with Crippen LogP contribution in [0.2, 0.25) is 0 Å². The minimum Gasteiger partial charge on any atom is -0.317 e. The van der Waals surface area contributed by atoms with E-state index < -0.39 is 0 Å². The number of aryl methyl sites for hydroxylation is 1. The van der Waals surface area contributed by atoms with Gasteiger partial charge in [0.25, 0.3) is 0 Å². The Hall–Kier alpha value is -0.650. The summed E-state index contributed by atoms with van der Waals surface area (Å²) in [5, 5.41) is 3.33. The van der Waals surface area contributed by atoms with Gasteiger partial charge < -0.3 is 15.2 Å². The van der Waals surface area contributed by atoms with Crippen molar-refractivity contribution in [1.82, 2.24) is 15.2 Å². The number of aromatic amines is 1. The van der Waals surface area contributed by atoms with Gasteiger partial charge in [0, 0.05) is 43.3 Å². The van der Waals surface area contributed by atoms with E-state index in [1.54, 1.807) is 0 Å². The zero-order chi connectivity index (χ0) is 10.7. The molecular formula is C10H17N3OS. The molecule has 1 aliphatic heterocycles. The van der Waals surface area contributed by atoms with Gasteiger partial charge >= 0.3 is 4.87 Å². The quantitative estimate of drug-likeness (QED) is 0.775. The molecule has 0 atom stereocenters. The van der Waals surface area contributed by atoms with E-state index in [-0.39, 0.29) is 4.87 Å². The maximum Gasteiger partial charge on any atom is 0.304 e. The number of hydrogen-bond acceptors (Lipinski definition) is 4. The molecule has 0 aromatic carbocycles. The molecule has 1 saturated heterocycles. The van der Waals surface area contributed by atoms with Crippen molar-refractivity contribution in [2.45, 2.75) is 13.3 Å². The van der Waals surface area contributed by atoms with Crippen molar-refractivity contribution in [3.05, 3.63) is 20.2 Å². The van der Waals surface area contributed by atoms with Gasteiger partial charge in [0.05, 0.1) is 0 Å². The topological polar surface area (TPSA) is 48.1 Å². The summed E-state index contributed by atoms with van der Waals surface area (Å²) in [5.41, 5.74) is 1.04. The largest absolute Gasteiger partial charge is 0.317 e. The second kappa shape index (κ2) is 4.92. The third-order valence-corrected chi connectivity index (χ3v) is 3.83. The van der Waals surface area contributed by atoms with Crippen LogP contribution in [0.1, 0.15) is 10.6 Å². The van der Waals surface area contributed by atoms with Crippen LogP contribution in [0.3, 0.4) is 0 Å². The second-order valence-corrected chi connectivity index (χ2v) is 4.97. The van der Waals surface area contributed by atoms with Crippen molar-refractivity contribution in [3.8, 4) is 0 Å². The van der Waals surface area contributed by atoms with Crippen molar-refractivity contribution in [2.75, 3.05) is 32.7 Å². The molecule has 0 unspecified atom stereocenters. The SMILES string of the molecule is Cc1[nH]c(=O)sc1CCN1CCNCC1. The van der Waals surface area contributed by atoms with E-state index in [0.29, 0.717) is 0 Å². The Bertz CT molecular complexity index is 365. The van der Waals surface area contributed by atoms with Crippen LogP contribution in [0.25, 0.3) is 0 Å². The predicted octanol–water partition coefficient (Wildman–Crippen LogP) is 0.193. The van der Waals surface area contributed by atoms with Gasteiger partial charge in [0.1, 0.15) is 0 Å². The molecule has 2 rings (SSSR count). The Morgan fingerprint density at radius 3 is 2.73 bits per heavy atom. The number of thiazole rings is 1. The van der Waals surface area contributed by atoms with E-state index in [2.05, 4.69) is 15.2 Å². The first-order valence-corrected chi connectivity index (χ1v) is 6.19. The molecule has 1 aliphatic rings. The third kappa shape index (κ3) is 2.90. The van der Waals surface area contributed by atoms with Crippen LogP contribution in [-0.4, -0.2) is 42.6 Å². The lowest BCUT2D eigenvalue weighted by molar-refractivity contribution is 0.244. The normalized spacial score (nSPS) is 18.2. The minimum absolute atomic E-state index is 0.0720. The molecular weight excluding hydrogens is 210 g/mol. The van der Waals surface area contributed by atoms with Crippen LogP contribution in [0.4, 0.5) is 0 Å². The summed E-state index contributed by atoms with van der Waals surface area (Å²) in [6.07, 6.45) is 0.995.